The molecule has 0 aliphatic rings. The lowest BCUT2D eigenvalue weighted by atomic mass is 10.3. The molecule has 2 aromatic heterocycles. The molecule has 0 saturated heterocycles. The maximum absolute atomic E-state index is 12.4. The molecular weight excluding hydrogens is 304 g/mol. The molecule has 0 N–H and O–H groups in total. The van der Waals surface area contributed by atoms with Crippen LogP contribution < -0.4 is 0 Å². The predicted molar refractivity (Wildman–Crippen MR) is 83.8 cm³/mol. The average molecular weight is 322 g/mol. The van der Waals surface area contributed by atoms with Gasteiger partial charge in [0.1, 0.15) is 17.9 Å². The fraction of sp³-hybridized carbons (Fsp3) is 0.429. The smallest absolute Gasteiger partial charge is 0.312 e. The van der Waals surface area contributed by atoms with E-state index in [-0.39, 0.29) is 18.1 Å². The van der Waals surface area contributed by atoms with E-state index in [1.807, 2.05) is 24.4 Å². The Bertz CT molecular complexity index is 679. The normalized spacial score (nSPS) is 10.7. The lowest BCUT2D eigenvalue weighted by Gasteiger charge is -2.20. The van der Waals surface area contributed by atoms with E-state index in [0.29, 0.717) is 24.5 Å². The molecule has 118 valence electrons. The van der Waals surface area contributed by atoms with Gasteiger partial charge in [-0.3, -0.25) is 19.6 Å². The van der Waals surface area contributed by atoms with Crippen molar-refractivity contribution < 1.29 is 9.72 Å². The molecule has 0 radical (unpaired) electrons. The van der Waals surface area contributed by atoms with Gasteiger partial charge in [0.15, 0.2) is 0 Å². The first-order valence-corrected chi connectivity index (χ1v) is 7.80. The number of hydrogen-bond acceptors (Lipinski definition) is 5. The predicted octanol–water partition coefficient (Wildman–Crippen LogP) is 2.52. The number of rotatable bonds is 6. The maximum Gasteiger partial charge on any atom is 0.312 e. The number of aryl methyl sites for hydroxylation is 1. The van der Waals surface area contributed by atoms with Gasteiger partial charge in [0.25, 0.3) is 0 Å². The quantitative estimate of drug-likeness (QED) is 0.604. The summed E-state index contributed by atoms with van der Waals surface area (Å²) in [5, 5.41) is 17.1. The van der Waals surface area contributed by atoms with Gasteiger partial charge in [0, 0.05) is 11.4 Å². The first-order chi connectivity index (χ1) is 10.4. The van der Waals surface area contributed by atoms with Gasteiger partial charge in [-0.05, 0) is 32.2 Å². The van der Waals surface area contributed by atoms with Crippen LogP contribution in [0.25, 0.3) is 0 Å². The Morgan fingerprint density at radius 3 is 2.73 bits per heavy atom. The summed E-state index contributed by atoms with van der Waals surface area (Å²) in [7, 11) is 0. The Morgan fingerprint density at radius 2 is 2.23 bits per heavy atom. The molecule has 2 aromatic rings. The van der Waals surface area contributed by atoms with Crippen LogP contribution in [0.1, 0.15) is 23.2 Å². The topological polar surface area (TPSA) is 81.3 Å². The molecule has 22 heavy (non-hydrogen) atoms. The molecule has 0 unspecified atom stereocenters. The SMILES string of the molecule is CCN(Cc1cccs1)C(=O)Cn1nc(C)c([N+](=O)[O-])c1C. The number of nitro groups is 1. The highest BCUT2D eigenvalue weighted by Crippen LogP contribution is 2.22. The largest absolute Gasteiger partial charge is 0.336 e. The van der Waals surface area contributed by atoms with E-state index in [1.165, 1.54) is 4.68 Å². The summed E-state index contributed by atoms with van der Waals surface area (Å²) in [6, 6.07) is 3.93. The molecule has 0 aliphatic heterocycles. The van der Waals surface area contributed by atoms with E-state index in [0.717, 1.165) is 4.88 Å². The van der Waals surface area contributed by atoms with Crippen molar-refractivity contribution >= 4 is 22.9 Å². The average Bonchev–Trinajstić information content (AvgIpc) is 3.04. The summed E-state index contributed by atoms with van der Waals surface area (Å²) in [6.45, 7) is 6.25. The van der Waals surface area contributed by atoms with E-state index >= 15 is 0 Å². The fourth-order valence-corrected chi connectivity index (χ4v) is 3.02. The molecular formula is C14H18N4O3S. The number of hydrogen-bond donors (Lipinski definition) is 0. The highest BCUT2D eigenvalue weighted by Gasteiger charge is 2.24. The molecule has 0 fully saturated rings. The number of nitrogens with zero attached hydrogens (tertiary/aromatic N) is 4. The second-order valence-corrected chi connectivity index (χ2v) is 5.95. The summed E-state index contributed by atoms with van der Waals surface area (Å²) in [5.41, 5.74) is 0.716. The van der Waals surface area contributed by atoms with E-state index < -0.39 is 4.92 Å². The molecule has 7 nitrogen and oxygen atoms in total. The van der Waals surface area contributed by atoms with Gasteiger partial charge in [-0.25, -0.2) is 0 Å². The molecule has 0 saturated carbocycles. The van der Waals surface area contributed by atoms with Crippen molar-refractivity contribution in [2.45, 2.75) is 33.9 Å². The van der Waals surface area contributed by atoms with Crippen molar-refractivity contribution in [1.82, 2.24) is 14.7 Å². The second kappa shape index (κ2) is 6.69. The third-order valence-electron chi connectivity index (χ3n) is 3.47. The van der Waals surface area contributed by atoms with Crippen molar-refractivity contribution in [2.75, 3.05) is 6.54 Å². The van der Waals surface area contributed by atoms with Crippen LogP contribution in [0.2, 0.25) is 0 Å². The van der Waals surface area contributed by atoms with Crippen LogP contribution in [-0.2, 0) is 17.9 Å². The summed E-state index contributed by atoms with van der Waals surface area (Å²) in [4.78, 5) is 25.8. The molecule has 1 amide bonds. The van der Waals surface area contributed by atoms with Crippen molar-refractivity contribution in [3.05, 3.63) is 43.9 Å². The molecule has 2 rings (SSSR count). The number of thiophene rings is 1. The molecule has 0 bridgehead atoms. The lowest BCUT2D eigenvalue weighted by molar-refractivity contribution is -0.386. The minimum Gasteiger partial charge on any atom is -0.336 e. The van der Waals surface area contributed by atoms with Crippen LogP contribution in [0.4, 0.5) is 5.69 Å². The summed E-state index contributed by atoms with van der Waals surface area (Å²) < 4.78 is 1.41. The zero-order chi connectivity index (χ0) is 16.3. The number of amides is 1. The lowest BCUT2D eigenvalue weighted by Crippen LogP contribution is -2.33. The molecule has 8 heteroatoms. The monoisotopic (exact) mass is 322 g/mol. The van der Waals surface area contributed by atoms with Crippen LogP contribution in [-0.4, -0.2) is 32.1 Å². The van der Waals surface area contributed by atoms with Gasteiger partial charge >= 0.3 is 5.69 Å². The number of carbonyl (C=O) groups is 1. The fourth-order valence-electron chi connectivity index (χ4n) is 2.30. The van der Waals surface area contributed by atoms with Gasteiger partial charge in [-0.2, -0.15) is 5.10 Å². The molecule has 0 aromatic carbocycles. The minimum absolute atomic E-state index is 0.0136. The first-order valence-electron chi connectivity index (χ1n) is 6.92. The van der Waals surface area contributed by atoms with E-state index in [1.54, 1.807) is 30.1 Å². The minimum atomic E-state index is -0.456. The van der Waals surface area contributed by atoms with E-state index in [4.69, 9.17) is 0 Å². The standard InChI is InChI=1S/C14H18N4O3S/c1-4-16(8-12-6-5-7-22-12)13(19)9-17-11(3)14(18(20)21)10(2)15-17/h5-7H,4,8-9H2,1-3H3. The van der Waals surface area contributed by atoms with Crippen LogP contribution in [0.5, 0.6) is 0 Å². The Kier molecular flexibility index (Phi) is 4.92. The maximum atomic E-state index is 12.4. The van der Waals surface area contributed by atoms with Crippen molar-refractivity contribution in [3.63, 3.8) is 0 Å². The first kappa shape index (κ1) is 16.2. The van der Waals surface area contributed by atoms with Crippen molar-refractivity contribution in [2.24, 2.45) is 0 Å². The van der Waals surface area contributed by atoms with Crippen molar-refractivity contribution in [3.8, 4) is 0 Å². The number of likely N-dealkylation sites (N-methyl/N-ethyl adjacent to an activating group) is 1. The van der Waals surface area contributed by atoms with E-state index in [2.05, 4.69) is 5.10 Å². The Balaban J connectivity index is 2.13. The number of carbonyl (C=O) groups excluding carboxylic acids is 1. The molecule has 0 spiro atoms. The van der Waals surface area contributed by atoms with Crippen LogP contribution >= 0.6 is 11.3 Å². The molecule has 2 heterocycles. The Hall–Kier alpha value is -2.22. The molecule has 0 atom stereocenters. The molecule has 0 aliphatic carbocycles. The van der Waals surface area contributed by atoms with Gasteiger partial charge in [-0.15, -0.1) is 11.3 Å². The third-order valence-corrected chi connectivity index (χ3v) is 4.33. The Morgan fingerprint density at radius 1 is 1.50 bits per heavy atom. The Labute approximate surface area is 132 Å². The summed E-state index contributed by atoms with van der Waals surface area (Å²) in [6.07, 6.45) is 0. The van der Waals surface area contributed by atoms with Gasteiger partial charge in [0.05, 0.1) is 11.5 Å². The third kappa shape index (κ3) is 3.33. The zero-order valence-corrected chi connectivity index (χ0v) is 13.6. The van der Waals surface area contributed by atoms with Gasteiger partial charge in [-0.1, -0.05) is 6.07 Å². The summed E-state index contributed by atoms with van der Waals surface area (Å²) >= 11 is 1.60. The highest BCUT2D eigenvalue weighted by atomic mass is 32.1. The van der Waals surface area contributed by atoms with Crippen LogP contribution in [0.15, 0.2) is 17.5 Å². The van der Waals surface area contributed by atoms with Crippen molar-refractivity contribution in [1.29, 1.82) is 0 Å². The number of aromatic nitrogens is 2. The zero-order valence-electron chi connectivity index (χ0n) is 12.8. The van der Waals surface area contributed by atoms with Gasteiger partial charge < -0.3 is 4.90 Å². The van der Waals surface area contributed by atoms with Crippen LogP contribution in [0.3, 0.4) is 0 Å². The highest BCUT2D eigenvalue weighted by molar-refractivity contribution is 7.09. The van der Waals surface area contributed by atoms with E-state index in [9.17, 15) is 14.9 Å². The second-order valence-electron chi connectivity index (χ2n) is 4.92. The van der Waals surface area contributed by atoms with Gasteiger partial charge in [0.2, 0.25) is 5.91 Å². The summed E-state index contributed by atoms with van der Waals surface area (Å²) in [5.74, 6) is -0.101. The van der Waals surface area contributed by atoms with Crippen LogP contribution in [0, 0.1) is 24.0 Å².